The Labute approximate surface area is 120 Å². The van der Waals surface area contributed by atoms with Crippen molar-refractivity contribution >= 4 is 23.2 Å². The fourth-order valence-electron chi connectivity index (χ4n) is 1.81. The van der Waals surface area contributed by atoms with E-state index in [1.807, 2.05) is 50.2 Å². The highest BCUT2D eigenvalue weighted by molar-refractivity contribution is 6.17. The zero-order valence-corrected chi connectivity index (χ0v) is 12.9. The zero-order valence-electron chi connectivity index (χ0n) is 12.2. The molecule has 0 radical (unpaired) electrons. The van der Waals surface area contributed by atoms with Crippen molar-refractivity contribution in [3.8, 4) is 0 Å². The molecule has 4 heteroatoms. The number of benzene rings is 1. The maximum Gasteiger partial charge on any atom is 0.251 e. The van der Waals surface area contributed by atoms with Crippen molar-refractivity contribution in [2.24, 2.45) is 0 Å². The Morgan fingerprint density at radius 3 is 2.63 bits per heavy atom. The second-order valence-electron chi connectivity index (χ2n) is 5.25. The van der Waals surface area contributed by atoms with Crippen molar-refractivity contribution in [3.05, 3.63) is 29.8 Å². The Hall–Kier alpha value is -1.22. The van der Waals surface area contributed by atoms with Crippen molar-refractivity contribution in [1.82, 2.24) is 5.32 Å². The van der Waals surface area contributed by atoms with Gasteiger partial charge >= 0.3 is 0 Å². The summed E-state index contributed by atoms with van der Waals surface area (Å²) in [5.41, 5.74) is 1.45. The summed E-state index contributed by atoms with van der Waals surface area (Å²) in [6, 6.07) is 7.61. The van der Waals surface area contributed by atoms with E-state index < -0.39 is 0 Å². The van der Waals surface area contributed by atoms with Gasteiger partial charge in [-0.15, -0.1) is 11.6 Å². The summed E-state index contributed by atoms with van der Waals surface area (Å²) in [6.45, 7) is 4.09. The minimum Gasteiger partial charge on any atom is -0.378 e. The Morgan fingerprint density at radius 2 is 2.11 bits per heavy atom. The molecule has 0 spiro atoms. The minimum absolute atomic E-state index is 0.0434. The first-order valence-corrected chi connectivity index (χ1v) is 7.11. The highest BCUT2D eigenvalue weighted by Gasteiger charge is 2.24. The van der Waals surface area contributed by atoms with Gasteiger partial charge in [-0.05, 0) is 38.0 Å². The number of nitrogens with one attached hydrogen (secondary N) is 1. The lowest BCUT2D eigenvalue weighted by molar-refractivity contribution is 0.0901. The van der Waals surface area contributed by atoms with Gasteiger partial charge in [0.05, 0.1) is 0 Å². The molecule has 0 bridgehead atoms. The lowest BCUT2D eigenvalue weighted by atomic mass is 9.95. The summed E-state index contributed by atoms with van der Waals surface area (Å²) < 4.78 is 0. The molecule has 0 aliphatic carbocycles. The van der Waals surface area contributed by atoms with Crippen LogP contribution in [0.2, 0.25) is 0 Å². The van der Waals surface area contributed by atoms with E-state index in [1.54, 1.807) is 0 Å². The van der Waals surface area contributed by atoms with Gasteiger partial charge in [0.2, 0.25) is 0 Å². The van der Waals surface area contributed by atoms with Crippen LogP contribution in [0.15, 0.2) is 24.3 Å². The molecule has 0 aliphatic heterocycles. The standard InChI is InChI=1S/C15H23ClN2O/c1-5-15(2,9-10-16)17-14(19)12-7-6-8-13(11-12)18(3)4/h6-8,11H,5,9-10H2,1-4H3,(H,17,19). The van der Waals surface area contributed by atoms with Crippen LogP contribution in [-0.2, 0) is 0 Å². The van der Waals surface area contributed by atoms with Crippen LogP contribution in [0, 0.1) is 0 Å². The number of alkyl halides is 1. The number of nitrogens with zero attached hydrogens (tertiary/aromatic N) is 1. The van der Waals surface area contributed by atoms with Crippen LogP contribution >= 0.6 is 11.6 Å². The topological polar surface area (TPSA) is 32.3 Å². The quantitative estimate of drug-likeness (QED) is 0.812. The van der Waals surface area contributed by atoms with Crippen LogP contribution in [0.1, 0.15) is 37.0 Å². The molecule has 19 heavy (non-hydrogen) atoms. The van der Waals surface area contributed by atoms with Gasteiger partial charge in [0.15, 0.2) is 0 Å². The second-order valence-corrected chi connectivity index (χ2v) is 5.63. The number of hydrogen-bond donors (Lipinski definition) is 1. The molecule has 0 aliphatic rings. The van der Waals surface area contributed by atoms with Gasteiger partial charge in [0, 0.05) is 36.8 Å². The number of anilines is 1. The first-order chi connectivity index (χ1) is 8.91. The Kier molecular flexibility index (Phi) is 5.67. The molecular formula is C15H23ClN2O. The van der Waals surface area contributed by atoms with E-state index in [1.165, 1.54) is 0 Å². The lowest BCUT2D eigenvalue weighted by Gasteiger charge is -2.29. The number of carbonyl (C=O) groups excluding carboxylic acids is 1. The molecule has 0 heterocycles. The normalized spacial score (nSPS) is 13.7. The second kappa shape index (κ2) is 6.80. The van der Waals surface area contributed by atoms with Crippen LogP contribution in [0.4, 0.5) is 5.69 Å². The van der Waals surface area contributed by atoms with Gasteiger partial charge in [-0.2, -0.15) is 0 Å². The third-order valence-electron chi connectivity index (χ3n) is 3.47. The molecule has 0 fully saturated rings. The summed E-state index contributed by atoms with van der Waals surface area (Å²) >= 11 is 5.80. The minimum atomic E-state index is -0.243. The molecule has 1 atom stereocenters. The molecule has 1 aromatic carbocycles. The van der Waals surface area contributed by atoms with Gasteiger partial charge < -0.3 is 10.2 Å². The van der Waals surface area contributed by atoms with Crippen LogP contribution in [0.5, 0.6) is 0 Å². The van der Waals surface area contributed by atoms with Gasteiger partial charge in [0.25, 0.3) is 5.91 Å². The fourth-order valence-corrected chi connectivity index (χ4v) is 2.22. The summed E-state index contributed by atoms with van der Waals surface area (Å²) in [5.74, 6) is 0.501. The Morgan fingerprint density at radius 1 is 1.42 bits per heavy atom. The molecule has 0 saturated carbocycles. The molecule has 1 aromatic rings. The smallest absolute Gasteiger partial charge is 0.251 e. The van der Waals surface area contributed by atoms with E-state index in [2.05, 4.69) is 12.2 Å². The molecular weight excluding hydrogens is 260 g/mol. The largest absolute Gasteiger partial charge is 0.378 e. The summed E-state index contributed by atoms with van der Waals surface area (Å²) in [6.07, 6.45) is 1.63. The first kappa shape index (κ1) is 15.8. The van der Waals surface area contributed by atoms with E-state index in [9.17, 15) is 4.79 Å². The molecule has 3 nitrogen and oxygen atoms in total. The van der Waals surface area contributed by atoms with Crippen LogP contribution in [-0.4, -0.2) is 31.4 Å². The molecule has 1 unspecified atom stereocenters. The third kappa shape index (κ3) is 4.43. The number of rotatable bonds is 6. The number of hydrogen-bond acceptors (Lipinski definition) is 2. The number of halogens is 1. The average Bonchev–Trinajstić information content (AvgIpc) is 2.39. The Bertz CT molecular complexity index is 434. The van der Waals surface area contributed by atoms with Crippen LogP contribution < -0.4 is 10.2 Å². The van der Waals surface area contributed by atoms with Crippen molar-refractivity contribution in [3.63, 3.8) is 0 Å². The van der Waals surface area contributed by atoms with Gasteiger partial charge in [-0.1, -0.05) is 13.0 Å². The summed E-state index contributed by atoms with van der Waals surface area (Å²) in [7, 11) is 3.92. The molecule has 1 rings (SSSR count). The van der Waals surface area contributed by atoms with Crippen molar-refractivity contribution in [2.45, 2.75) is 32.2 Å². The molecule has 1 N–H and O–H groups in total. The fraction of sp³-hybridized carbons (Fsp3) is 0.533. The van der Waals surface area contributed by atoms with Crippen molar-refractivity contribution in [1.29, 1.82) is 0 Å². The monoisotopic (exact) mass is 282 g/mol. The predicted molar refractivity (Wildman–Crippen MR) is 82.3 cm³/mol. The molecule has 1 amide bonds. The SMILES string of the molecule is CCC(C)(CCCl)NC(=O)c1cccc(N(C)C)c1. The van der Waals surface area contributed by atoms with Crippen molar-refractivity contribution in [2.75, 3.05) is 24.9 Å². The molecule has 0 aromatic heterocycles. The average molecular weight is 283 g/mol. The third-order valence-corrected chi connectivity index (χ3v) is 3.66. The maximum atomic E-state index is 12.3. The van der Waals surface area contributed by atoms with E-state index in [0.29, 0.717) is 11.4 Å². The van der Waals surface area contributed by atoms with E-state index in [4.69, 9.17) is 11.6 Å². The van der Waals surface area contributed by atoms with E-state index in [0.717, 1.165) is 18.5 Å². The first-order valence-electron chi connectivity index (χ1n) is 6.58. The number of carbonyl (C=O) groups is 1. The van der Waals surface area contributed by atoms with E-state index >= 15 is 0 Å². The van der Waals surface area contributed by atoms with Crippen molar-refractivity contribution < 1.29 is 4.79 Å². The van der Waals surface area contributed by atoms with Gasteiger partial charge in [-0.25, -0.2) is 0 Å². The predicted octanol–water partition coefficient (Wildman–Crippen LogP) is 3.28. The number of amides is 1. The van der Waals surface area contributed by atoms with Gasteiger partial charge in [0.1, 0.15) is 0 Å². The zero-order chi connectivity index (χ0) is 14.5. The Balaban J connectivity index is 2.85. The van der Waals surface area contributed by atoms with Crippen LogP contribution in [0.3, 0.4) is 0 Å². The highest BCUT2D eigenvalue weighted by atomic mass is 35.5. The van der Waals surface area contributed by atoms with Gasteiger partial charge in [-0.3, -0.25) is 4.79 Å². The summed E-state index contributed by atoms with van der Waals surface area (Å²) in [5, 5.41) is 3.08. The maximum absolute atomic E-state index is 12.3. The highest BCUT2D eigenvalue weighted by Crippen LogP contribution is 2.18. The molecule has 0 saturated heterocycles. The van der Waals surface area contributed by atoms with E-state index in [-0.39, 0.29) is 11.4 Å². The van der Waals surface area contributed by atoms with Crippen LogP contribution in [0.25, 0.3) is 0 Å². The summed E-state index contributed by atoms with van der Waals surface area (Å²) in [4.78, 5) is 14.3. The lowest BCUT2D eigenvalue weighted by Crippen LogP contribution is -2.45. The molecule has 106 valence electrons.